The van der Waals surface area contributed by atoms with Crippen LogP contribution in [-0.2, 0) is 17.8 Å². The van der Waals surface area contributed by atoms with E-state index >= 15 is 0 Å². The topological polar surface area (TPSA) is 67.5 Å². The van der Waals surface area contributed by atoms with Crippen LogP contribution in [0.4, 0.5) is 0 Å². The maximum absolute atomic E-state index is 13.7. The van der Waals surface area contributed by atoms with E-state index in [-0.39, 0.29) is 17.9 Å². The van der Waals surface area contributed by atoms with Crippen molar-refractivity contribution >= 4 is 23.4 Å². The summed E-state index contributed by atoms with van der Waals surface area (Å²) in [6.45, 7) is 2.69. The second kappa shape index (κ2) is 8.75. The molecule has 1 aliphatic heterocycles. The fourth-order valence-electron chi connectivity index (χ4n) is 5.07. The Morgan fingerprint density at radius 1 is 1.12 bits per heavy atom. The molecular formula is C26H28ClN3O3. The molecule has 2 aromatic heterocycles. The summed E-state index contributed by atoms with van der Waals surface area (Å²) in [7, 11) is 0. The Labute approximate surface area is 198 Å². The SMILES string of the molecule is C[C@@]1(C(=O)NC2CCCC2)Cn2c(ccc2-c2ccco2)C(=O)N1CCc1ccc(Cl)cc1. The molecule has 3 aromatic rings. The Morgan fingerprint density at radius 3 is 2.55 bits per heavy atom. The number of rotatable bonds is 6. The second-order valence-corrected chi connectivity index (χ2v) is 9.67. The van der Waals surface area contributed by atoms with Crippen molar-refractivity contribution in [2.75, 3.05) is 6.54 Å². The molecule has 6 nitrogen and oxygen atoms in total. The molecule has 1 aromatic carbocycles. The molecule has 0 spiro atoms. The minimum absolute atomic E-state index is 0.0939. The number of aromatic nitrogens is 1. The van der Waals surface area contributed by atoms with Gasteiger partial charge in [0.2, 0.25) is 5.91 Å². The van der Waals surface area contributed by atoms with Gasteiger partial charge in [-0.15, -0.1) is 0 Å². The van der Waals surface area contributed by atoms with Crippen LogP contribution in [0, 0.1) is 0 Å². The number of carbonyl (C=O) groups excluding carboxylic acids is 2. The number of benzene rings is 1. The van der Waals surface area contributed by atoms with Crippen molar-refractivity contribution in [3.05, 3.63) is 71.1 Å². The van der Waals surface area contributed by atoms with Crippen molar-refractivity contribution in [1.29, 1.82) is 0 Å². The highest BCUT2D eigenvalue weighted by Gasteiger charge is 2.48. The lowest BCUT2D eigenvalue weighted by molar-refractivity contribution is -0.133. The average Bonchev–Trinajstić information content (AvgIpc) is 3.56. The summed E-state index contributed by atoms with van der Waals surface area (Å²) in [5.74, 6) is 0.447. The Morgan fingerprint density at radius 2 is 1.85 bits per heavy atom. The minimum Gasteiger partial charge on any atom is -0.463 e. The summed E-state index contributed by atoms with van der Waals surface area (Å²) in [6, 6.07) is 15.2. The van der Waals surface area contributed by atoms with Gasteiger partial charge >= 0.3 is 0 Å². The van der Waals surface area contributed by atoms with Crippen LogP contribution in [0.5, 0.6) is 0 Å². The Kier molecular flexibility index (Phi) is 5.79. The van der Waals surface area contributed by atoms with Crippen molar-refractivity contribution in [2.45, 2.75) is 57.2 Å². The molecule has 33 heavy (non-hydrogen) atoms. The maximum atomic E-state index is 13.7. The zero-order valence-corrected chi connectivity index (χ0v) is 19.5. The average molecular weight is 466 g/mol. The van der Waals surface area contributed by atoms with Gasteiger partial charge in [-0.3, -0.25) is 9.59 Å². The minimum atomic E-state index is -1.01. The molecule has 3 heterocycles. The normalized spacial score (nSPS) is 20.8. The summed E-state index contributed by atoms with van der Waals surface area (Å²) in [5, 5.41) is 3.91. The van der Waals surface area contributed by atoms with Crippen LogP contribution >= 0.6 is 11.6 Å². The second-order valence-electron chi connectivity index (χ2n) is 9.23. The van der Waals surface area contributed by atoms with E-state index in [1.54, 1.807) is 11.2 Å². The van der Waals surface area contributed by atoms with Gasteiger partial charge in [-0.05, 0) is 68.1 Å². The van der Waals surface area contributed by atoms with E-state index in [0.717, 1.165) is 36.9 Å². The van der Waals surface area contributed by atoms with Gasteiger partial charge in [0.1, 0.15) is 17.0 Å². The van der Waals surface area contributed by atoms with E-state index < -0.39 is 5.54 Å². The predicted octanol–water partition coefficient (Wildman–Crippen LogP) is 4.92. The standard InChI is InChI=1S/C26H28ClN3O3/c1-26(25(32)28-20-5-2-3-6-20)17-29-21(23-7-4-16-33-23)12-13-22(29)24(31)30(26)15-14-18-8-10-19(27)11-9-18/h4,7-13,16,20H,2-3,5-6,14-15,17H2,1H3,(H,28,32)/t26-/m0/s1. The molecule has 7 heteroatoms. The molecule has 2 aliphatic rings. The number of furan rings is 1. The number of amides is 2. The number of hydrogen-bond acceptors (Lipinski definition) is 3. The summed E-state index contributed by atoms with van der Waals surface area (Å²) in [6.07, 6.45) is 6.50. The number of hydrogen-bond donors (Lipinski definition) is 1. The number of fused-ring (bicyclic) bond motifs is 1. The van der Waals surface area contributed by atoms with Crippen molar-refractivity contribution in [3.63, 3.8) is 0 Å². The quantitative estimate of drug-likeness (QED) is 0.562. The van der Waals surface area contributed by atoms with Gasteiger partial charge in [0.25, 0.3) is 5.91 Å². The Bertz CT molecular complexity index is 1150. The van der Waals surface area contributed by atoms with E-state index in [9.17, 15) is 9.59 Å². The number of nitrogens with one attached hydrogen (secondary N) is 1. The lowest BCUT2D eigenvalue weighted by Gasteiger charge is -2.44. The molecule has 2 amide bonds. The first-order chi connectivity index (χ1) is 16.0. The van der Waals surface area contributed by atoms with Gasteiger partial charge in [-0.25, -0.2) is 0 Å². The van der Waals surface area contributed by atoms with E-state index in [1.165, 1.54) is 0 Å². The molecule has 1 atom stereocenters. The fraction of sp³-hybridized carbons (Fsp3) is 0.385. The molecule has 0 bridgehead atoms. The third-order valence-corrected chi connectivity index (χ3v) is 7.25. The molecule has 0 radical (unpaired) electrons. The summed E-state index contributed by atoms with van der Waals surface area (Å²) < 4.78 is 7.53. The fourth-order valence-corrected chi connectivity index (χ4v) is 5.19. The first-order valence-corrected chi connectivity index (χ1v) is 11.9. The van der Waals surface area contributed by atoms with Gasteiger partial charge in [-0.1, -0.05) is 36.6 Å². The largest absolute Gasteiger partial charge is 0.463 e. The molecule has 1 N–H and O–H groups in total. The van der Waals surface area contributed by atoms with Crippen LogP contribution < -0.4 is 5.32 Å². The van der Waals surface area contributed by atoms with Gasteiger partial charge in [0.15, 0.2) is 0 Å². The van der Waals surface area contributed by atoms with Crippen LogP contribution in [0.2, 0.25) is 5.02 Å². The van der Waals surface area contributed by atoms with E-state index in [1.807, 2.05) is 60.0 Å². The Balaban J connectivity index is 1.48. The van der Waals surface area contributed by atoms with Crippen molar-refractivity contribution in [2.24, 2.45) is 0 Å². The zero-order valence-electron chi connectivity index (χ0n) is 18.7. The molecule has 172 valence electrons. The monoisotopic (exact) mass is 465 g/mol. The van der Waals surface area contributed by atoms with Gasteiger partial charge in [-0.2, -0.15) is 0 Å². The third-order valence-electron chi connectivity index (χ3n) is 7.00. The maximum Gasteiger partial charge on any atom is 0.271 e. The first kappa shape index (κ1) is 21.8. The van der Waals surface area contributed by atoms with Crippen LogP contribution in [0.25, 0.3) is 11.5 Å². The van der Waals surface area contributed by atoms with E-state index in [4.69, 9.17) is 16.0 Å². The Hall–Kier alpha value is -2.99. The number of carbonyl (C=O) groups is 2. The van der Waals surface area contributed by atoms with Gasteiger partial charge in [0.05, 0.1) is 18.5 Å². The van der Waals surface area contributed by atoms with Crippen LogP contribution in [-0.4, -0.2) is 39.4 Å². The van der Waals surface area contributed by atoms with Crippen molar-refractivity contribution < 1.29 is 14.0 Å². The van der Waals surface area contributed by atoms with Crippen LogP contribution in [0.1, 0.15) is 48.7 Å². The molecular weight excluding hydrogens is 438 g/mol. The predicted molar refractivity (Wildman–Crippen MR) is 127 cm³/mol. The number of nitrogens with zero attached hydrogens (tertiary/aromatic N) is 2. The van der Waals surface area contributed by atoms with Crippen molar-refractivity contribution in [3.8, 4) is 11.5 Å². The van der Waals surface area contributed by atoms with E-state index in [0.29, 0.717) is 36.0 Å². The molecule has 0 unspecified atom stereocenters. The van der Waals surface area contributed by atoms with E-state index in [2.05, 4.69) is 5.32 Å². The smallest absolute Gasteiger partial charge is 0.271 e. The summed E-state index contributed by atoms with van der Waals surface area (Å²) in [4.78, 5) is 29.1. The zero-order chi connectivity index (χ0) is 23.0. The number of halogens is 1. The molecule has 0 saturated heterocycles. The van der Waals surface area contributed by atoms with Crippen LogP contribution in [0.15, 0.2) is 59.2 Å². The highest BCUT2D eigenvalue weighted by molar-refractivity contribution is 6.30. The van der Waals surface area contributed by atoms with Gasteiger partial charge in [0, 0.05) is 17.6 Å². The third kappa shape index (κ3) is 4.08. The lowest BCUT2D eigenvalue weighted by Crippen LogP contribution is -2.65. The van der Waals surface area contributed by atoms with Crippen LogP contribution in [0.3, 0.4) is 0 Å². The lowest BCUT2D eigenvalue weighted by atomic mass is 9.93. The highest BCUT2D eigenvalue weighted by atomic mass is 35.5. The first-order valence-electron chi connectivity index (χ1n) is 11.6. The van der Waals surface area contributed by atoms with Gasteiger partial charge < -0.3 is 19.2 Å². The molecule has 1 saturated carbocycles. The summed E-state index contributed by atoms with van der Waals surface area (Å²) >= 11 is 6.02. The highest BCUT2D eigenvalue weighted by Crippen LogP contribution is 2.34. The van der Waals surface area contributed by atoms with Crippen molar-refractivity contribution in [1.82, 2.24) is 14.8 Å². The molecule has 5 rings (SSSR count). The summed E-state index contributed by atoms with van der Waals surface area (Å²) in [5.41, 5.74) is 1.44. The molecule has 1 aliphatic carbocycles. The molecule has 1 fully saturated rings.